The largest absolute Gasteiger partial charge is 0.319 e. The van der Waals surface area contributed by atoms with E-state index in [4.69, 9.17) is 5.73 Å². The number of pyridine rings is 1. The Balaban J connectivity index is 3.04. The van der Waals surface area contributed by atoms with E-state index in [1.807, 2.05) is 13.8 Å². The summed E-state index contributed by atoms with van der Waals surface area (Å²) >= 11 is 0. The molecule has 0 bridgehead atoms. The number of aryl methyl sites for hydroxylation is 1. The van der Waals surface area contributed by atoms with Crippen molar-refractivity contribution in [3.05, 3.63) is 34.2 Å². The first-order valence-corrected chi connectivity index (χ1v) is 4.37. The lowest BCUT2D eigenvalue weighted by Gasteiger charge is -2.07. The summed E-state index contributed by atoms with van der Waals surface area (Å²) in [6, 6.07) is 3.29. The van der Waals surface area contributed by atoms with Gasteiger partial charge in [-0.3, -0.25) is 4.79 Å². The zero-order valence-corrected chi connectivity index (χ0v) is 8.66. The molecule has 0 aliphatic carbocycles. The van der Waals surface area contributed by atoms with Gasteiger partial charge >= 0.3 is 0 Å². The van der Waals surface area contributed by atoms with Crippen molar-refractivity contribution in [2.24, 2.45) is 12.8 Å². The highest BCUT2D eigenvalue weighted by molar-refractivity contribution is 5.34. The van der Waals surface area contributed by atoms with E-state index in [1.54, 1.807) is 19.3 Å². The first-order valence-electron chi connectivity index (χ1n) is 4.37. The zero-order valence-electron chi connectivity index (χ0n) is 8.66. The lowest BCUT2D eigenvalue weighted by molar-refractivity contribution is 0.680. The van der Waals surface area contributed by atoms with Crippen molar-refractivity contribution in [1.82, 2.24) is 4.57 Å². The van der Waals surface area contributed by atoms with Crippen LogP contribution in [-0.2, 0) is 7.05 Å². The van der Waals surface area contributed by atoms with Gasteiger partial charge in [-0.1, -0.05) is 11.8 Å². The highest BCUT2D eigenvalue weighted by Gasteiger charge is 2.03. The molecule has 0 amide bonds. The normalized spacial score (nSPS) is 10.6. The van der Waals surface area contributed by atoms with Crippen LogP contribution < -0.4 is 11.3 Å². The van der Waals surface area contributed by atoms with Crippen LogP contribution in [0.3, 0.4) is 0 Å². The molecule has 1 rings (SSSR count). The van der Waals surface area contributed by atoms with E-state index in [0.29, 0.717) is 5.56 Å². The van der Waals surface area contributed by atoms with Crippen LogP contribution >= 0.6 is 0 Å². The predicted octanol–water partition coefficient (Wildman–Crippen LogP) is 0.474. The van der Waals surface area contributed by atoms with Gasteiger partial charge in [0.05, 0.1) is 5.54 Å². The maximum absolute atomic E-state index is 11.2. The van der Waals surface area contributed by atoms with E-state index in [2.05, 4.69) is 11.8 Å². The molecule has 0 aromatic carbocycles. The Kier molecular flexibility index (Phi) is 2.78. The standard InChI is InChI=1S/C11H14N2O/c1-11(2,12)6-4-9-5-7-13(3)10(14)8-9/h5,7-8H,12H2,1-3H3. The van der Waals surface area contributed by atoms with Gasteiger partial charge in [-0.15, -0.1) is 0 Å². The molecule has 0 saturated carbocycles. The molecule has 1 heterocycles. The molecule has 3 nitrogen and oxygen atoms in total. The molecule has 0 aliphatic rings. The van der Waals surface area contributed by atoms with E-state index in [0.717, 1.165) is 0 Å². The summed E-state index contributed by atoms with van der Waals surface area (Å²) in [4.78, 5) is 11.2. The van der Waals surface area contributed by atoms with Crippen molar-refractivity contribution in [3.63, 3.8) is 0 Å². The smallest absolute Gasteiger partial charge is 0.251 e. The summed E-state index contributed by atoms with van der Waals surface area (Å²) in [6.07, 6.45) is 1.69. The lowest BCUT2D eigenvalue weighted by atomic mass is 10.1. The molecule has 0 radical (unpaired) electrons. The summed E-state index contributed by atoms with van der Waals surface area (Å²) in [5.41, 5.74) is 5.80. The van der Waals surface area contributed by atoms with Gasteiger partial charge in [0.25, 0.3) is 5.56 Å². The Morgan fingerprint density at radius 2 is 2.14 bits per heavy atom. The number of nitrogens with zero attached hydrogens (tertiary/aromatic N) is 1. The molecule has 0 aliphatic heterocycles. The van der Waals surface area contributed by atoms with Gasteiger partial charge in [0.1, 0.15) is 0 Å². The highest BCUT2D eigenvalue weighted by Crippen LogP contribution is 1.95. The average molecular weight is 190 g/mol. The lowest BCUT2D eigenvalue weighted by Crippen LogP contribution is -2.29. The fourth-order valence-corrected chi connectivity index (χ4v) is 0.860. The topological polar surface area (TPSA) is 48.0 Å². The summed E-state index contributed by atoms with van der Waals surface area (Å²) in [6.45, 7) is 3.64. The van der Waals surface area contributed by atoms with Crippen LogP contribution in [0.4, 0.5) is 0 Å². The van der Waals surface area contributed by atoms with E-state index >= 15 is 0 Å². The summed E-state index contributed by atoms with van der Waals surface area (Å²) < 4.78 is 1.50. The molecule has 0 unspecified atom stereocenters. The molecule has 0 atom stereocenters. The van der Waals surface area contributed by atoms with Crippen LogP contribution in [0.5, 0.6) is 0 Å². The van der Waals surface area contributed by atoms with Gasteiger partial charge in [0.2, 0.25) is 0 Å². The van der Waals surface area contributed by atoms with Crippen molar-refractivity contribution in [1.29, 1.82) is 0 Å². The monoisotopic (exact) mass is 190 g/mol. The molecular weight excluding hydrogens is 176 g/mol. The first-order chi connectivity index (χ1) is 6.38. The number of rotatable bonds is 0. The van der Waals surface area contributed by atoms with Crippen molar-refractivity contribution < 1.29 is 0 Å². The third-order valence-electron chi connectivity index (χ3n) is 1.63. The van der Waals surface area contributed by atoms with E-state index in [-0.39, 0.29) is 5.56 Å². The maximum atomic E-state index is 11.2. The quantitative estimate of drug-likeness (QED) is 0.605. The van der Waals surface area contributed by atoms with Crippen molar-refractivity contribution in [3.8, 4) is 11.8 Å². The Morgan fingerprint density at radius 1 is 1.50 bits per heavy atom. The summed E-state index contributed by atoms with van der Waals surface area (Å²) in [5.74, 6) is 5.73. The van der Waals surface area contributed by atoms with Gasteiger partial charge in [-0.25, -0.2) is 0 Å². The minimum absolute atomic E-state index is 0.0633. The third kappa shape index (κ3) is 3.08. The van der Waals surface area contributed by atoms with Gasteiger partial charge in [0, 0.05) is 24.9 Å². The second-order valence-electron chi connectivity index (χ2n) is 3.84. The molecule has 0 fully saturated rings. The van der Waals surface area contributed by atoms with Crippen LogP contribution in [-0.4, -0.2) is 10.1 Å². The van der Waals surface area contributed by atoms with E-state index in [9.17, 15) is 4.79 Å². The van der Waals surface area contributed by atoms with Crippen LogP contribution in [0.25, 0.3) is 0 Å². The number of hydrogen-bond acceptors (Lipinski definition) is 2. The van der Waals surface area contributed by atoms with E-state index in [1.165, 1.54) is 10.6 Å². The Labute approximate surface area is 83.6 Å². The van der Waals surface area contributed by atoms with E-state index < -0.39 is 5.54 Å². The van der Waals surface area contributed by atoms with Gasteiger partial charge in [0.15, 0.2) is 0 Å². The predicted molar refractivity (Wildman–Crippen MR) is 56.8 cm³/mol. The van der Waals surface area contributed by atoms with Gasteiger partial charge < -0.3 is 10.3 Å². The SMILES string of the molecule is Cn1ccc(C#CC(C)(C)N)cc1=O. The molecule has 3 heteroatoms. The Hall–Kier alpha value is -1.53. The molecule has 1 aromatic heterocycles. The summed E-state index contributed by atoms with van der Waals surface area (Å²) in [5, 5.41) is 0. The minimum atomic E-state index is -0.527. The van der Waals surface area contributed by atoms with Crippen LogP contribution in [0, 0.1) is 11.8 Å². The molecule has 1 aromatic rings. The molecule has 14 heavy (non-hydrogen) atoms. The molecule has 0 spiro atoms. The molecule has 0 saturated heterocycles. The average Bonchev–Trinajstić information content (AvgIpc) is 2.06. The number of hydrogen-bond donors (Lipinski definition) is 1. The minimum Gasteiger partial charge on any atom is -0.319 e. The van der Waals surface area contributed by atoms with Gasteiger partial charge in [-0.2, -0.15) is 0 Å². The second-order valence-corrected chi connectivity index (χ2v) is 3.84. The fraction of sp³-hybridized carbons (Fsp3) is 0.364. The van der Waals surface area contributed by atoms with Crippen LogP contribution in [0.15, 0.2) is 23.1 Å². The van der Waals surface area contributed by atoms with Crippen LogP contribution in [0.1, 0.15) is 19.4 Å². The van der Waals surface area contributed by atoms with Crippen molar-refractivity contribution in [2.45, 2.75) is 19.4 Å². The molecular formula is C11H14N2O. The van der Waals surface area contributed by atoms with Gasteiger partial charge in [-0.05, 0) is 19.9 Å². The molecule has 74 valence electrons. The summed E-state index contributed by atoms with van der Waals surface area (Å²) in [7, 11) is 1.70. The molecule has 2 N–H and O–H groups in total. The highest BCUT2D eigenvalue weighted by atomic mass is 16.1. The maximum Gasteiger partial charge on any atom is 0.251 e. The third-order valence-corrected chi connectivity index (χ3v) is 1.63. The van der Waals surface area contributed by atoms with Crippen LogP contribution in [0.2, 0.25) is 0 Å². The second kappa shape index (κ2) is 3.69. The number of aromatic nitrogens is 1. The Morgan fingerprint density at radius 3 is 2.64 bits per heavy atom. The fourth-order valence-electron chi connectivity index (χ4n) is 0.860. The Bertz CT molecular complexity index is 441. The van der Waals surface area contributed by atoms with Crippen molar-refractivity contribution in [2.75, 3.05) is 0 Å². The first kappa shape index (κ1) is 10.6. The number of nitrogens with two attached hydrogens (primary N) is 1. The van der Waals surface area contributed by atoms with Crippen molar-refractivity contribution >= 4 is 0 Å². The zero-order chi connectivity index (χ0) is 10.8.